The highest BCUT2D eigenvalue weighted by molar-refractivity contribution is 7.92. The lowest BCUT2D eigenvalue weighted by atomic mass is 10.1. The SMILES string of the molecule is CC(NC(=O)/C=C/c1ccc(F)cc1)c1cccc(NS(C)(=O)=O)c1. The average Bonchev–Trinajstić information content (AvgIpc) is 2.53. The van der Waals surface area contributed by atoms with Gasteiger partial charge in [0.05, 0.1) is 12.3 Å². The van der Waals surface area contributed by atoms with Gasteiger partial charge in [0.25, 0.3) is 0 Å². The molecule has 0 radical (unpaired) electrons. The summed E-state index contributed by atoms with van der Waals surface area (Å²) in [5, 5.41) is 2.79. The predicted molar refractivity (Wildman–Crippen MR) is 96.9 cm³/mol. The van der Waals surface area contributed by atoms with E-state index in [2.05, 4.69) is 10.0 Å². The fourth-order valence-corrected chi connectivity index (χ4v) is 2.73. The summed E-state index contributed by atoms with van der Waals surface area (Å²) in [5.74, 6) is -0.642. The lowest BCUT2D eigenvalue weighted by molar-refractivity contribution is -0.117. The molecule has 2 aromatic carbocycles. The van der Waals surface area contributed by atoms with Gasteiger partial charge in [0.2, 0.25) is 15.9 Å². The Labute approximate surface area is 146 Å². The third-order valence-corrected chi connectivity index (χ3v) is 3.95. The zero-order chi connectivity index (χ0) is 18.4. The molecule has 1 unspecified atom stereocenters. The maximum atomic E-state index is 12.8. The van der Waals surface area contributed by atoms with Gasteiger partial charge in [0.15, 0.2) is 0 Å². The highest BCUT2D eigenvalue weighted by atomic mass is 32.2. The first-order chi connectivity index (χ1) is 11.7. The Morgan fingerprint density at radius 2 is 1.84 bits per heavy atom. The van der Waals surface area contributed by atoms with Crippen LogP contribution in [0.2, 0.25) is 0 Å². The quantitative estimate of drug-likeness (QED) is 0.776. The molecule has 0 bridgehead atoms. The van der Waals surface area contributed by atoms with Gasteiger partial charge < -0.3 is 5.32 Å². The number of nitrogens with one attached hydrogen (secondary N) is 2. The Hall–Kier alpha value is -2.67. The summed E-state index contributed by atoms with van der Waals surface area (Å²) in [6, 6.07) is 12.3. The molecular formula is C18H19FN2O3S. The molecule has 0 aliphatic rings. The van der Waals surface area contributed by atoms with Crippen LogP contribution in [0, 0.1) is 5.82 Å². The molecule has 2 N–H and O–H groups in total. The first-order valence-electron chi connectivity index (χ1n) is 7.55. The summed E-state index contributed by atoms with van der Waals surface area (Å²) in [6.45, 7) is 1.79. The van der Waals surface area contributed by atoms with E-state index in [1.807, 2.05) is 0 Å². The minimum atomic E-state index is -3.36. The minimum Gasteiger partial charge on any atom is -0.346 e. The fraction of sp³-hybridized carbons (Fsp3) is 0.167. The lowest BCUT2D eigenvalue weighted by Gasteiger charge is -2.14. The van der Waals surface area contributed by atoms with Gasteiger partial charge in [-0.1, -0.05) is 24.3 Å². The van der Waals surface area contributed by atoms with Crippen molar-refractivity contribution in [2.75, 3.05) is 11.0 Å². The van der Waals surface area contributed by atoms with E-state index >= 15 is 0 Å². The molecule has 2 aromatic rings. The van der Waals surface area contributed by atoms with E-state index in [0.29, 0.717) is 11.3 Å². The maximum Gasteiger partial charge on any atom is 0.244 e. The Kier molecular flexibility index (Phi) is 5.93. The molecule has 0 aliphatic heterocycles. The van der Waals surface area contributed by atoms with Crippen molar-refractivity contribution >= 4 is 27.7 Å². The number of amides is 1. The van der Waals surface area contributed by atoms with Crippen LogP contribution < -0.4 is 10.0 Å². The van der Waals surface area contributed by atoms with Crippen molar-refractivity contribution in [2.45, 2.75) is 13.0 Å². The van der Waals surface area contributed by atoms with Crippen molar-refractivity contribution in [1.29, 1.82) is 0 Å². The van der Waals surface area contributed by atoms with Gasteiger partial charge >= 0.3 is 0 Å². The number of benzene rings is 2. The smallest absolute Gasteiger partial charge is 0.244 e. The maximum absolute atomic E-state index is 12.8. The molecule has 0 aliphatic carbocycles. The molecule has 0 saturated carbocycles. The van der Waals surface area contributed by atoms with Crippen molar-refractivity contribution in [3.63, 3.8) is 0 Å². The molecule has 2 rings (SSSR count). The molecule has 0 fully saturated rings. The number of carbonyl (C=O) groups excluding carboxylic acids is 1. The molecular weight excluding hydrogens is 343 g/mol. The molecule has 1 amide bonds. The van der Waals surface area contributed by atoms with E-state index in [1.165, 1.54) is 18.2 Å². The van der Waals surface area contributed by atoms with Crippen molar-refractivity contribution < 1.29 is 17.6 Å². The molecule has 1 atom stereocenters. The van der Waals surface area contributed by atoms with Crippen LogP contribution in [0.25, 0.3) is 6.08 Å². The first kappa shape index (κ1) is 18.7. The molecule has 7 heteroatoms. The third-order valence-electron chi connectivity index (χ3n) is 3.35. The second kappa shape index (κ2) is 7.94. The summed E-state index contributed by atoms with van der Waals surface area (Å²) in [6.07, 6.45) is 4.02. The van der Waals surface area contributed by atoms with Crippen LogP contribution in [0.15, 0.2) is 54.6 Å². The van der Waals surface area contributed by atoms with Crippen molar-refractivity contribution in [3.05, 3.63) is 71.6 Å². The molecule has 0 heterocycles. The topological polar surface area (TPSA) is 75.3 Å². The van der Waals surface area contributed by atoms with Crippen molar-refractivity contribution in [2.24, 2.45) is 0 Å². The average molecular weight is 362 g/mol. The van der Waals surface area contributed by atoms with E-state index in [1.54, 1.807) is 49.4 Å². The second-order valence-electron chi connectivity index (χ2n) is 5.61. The summed E-state index contributed by atoms with van der Waals surface area (Å²) >= 11 is 0. The van der Waals surface area contributed by atoms with Gasteiger partial charge in [-0.15, -0.1) is 0 Å². The summed E-state index contributed by atoms with van der Waals surface area (Å²) in [5.41, 5.74) is 1.91. The molecule has 0 aromatic heterocycles. The normalized spacial score (nSPS) is 12.8. The Morgan fingerprint density at radius 1 is 1.16 bits per heavy atom. The second-order valence-corrected chi connectivity index (χ2v) is 7.36. The van der Waals surface area contributed by atoms with Gasteiger partial charge in [0, 0.05) is 11.8 Å². The zero-order valence-corrected chi connectivity index (χ0v) is 14.7. The lowest BCUT2D eigenvalue weighted by Crippen LogP contribution is -2.24. The molecule has 132 valence electrons. The highest BCUT2D eigenvalue weighted by Gasteiger charge is 2.09. The van der Waals surface area contributed by atoms with Gasteiger partial charge in [0.1, 0.15) is 5.82 Å². The first-order valence-corrected chi connectivity index (χ1v) is 9.44. The Balaban J connectivity index is 2.01. The van der Waals surface area contributed by atoms with E-state index in [4.69, 9.17) is 0 Å². The molecule has 5 nitrogen and oxygen atoms in total. The Morgan fingerprint density at radius 3 is 2.48 bits per heavy atom. The molecule has 0 spiro atoms. The predicted octanol–water partition coefficient (Wildman–Crippen LogP) is 3.09. The van der Waals surface area contributed by atoms with Crippen LogP contribution in [-0.4, -0.2) is 20.6 Å². The number of sulfonamides is 1. The highest BCUT2D eigenvalue weighted by Crippen LogP contribution is 2.18. The van der Waals surface area contributed by atoms with Gasteiger partial charge in [-0.05, 0) is 48.4 Å². The summed E-state index contributed by atoms with van der Waals surface area (Å²) in [4.78, 5) is 12.0. The van der Waals surface area contributed by atoms with E-state index < -0.39 is 10.0 Å². The number of anilines is 1. The largest absolute Gasteiger partial charge is 0.346 e. The van der Waals surface area contributed by atoms with Crippen LogP contribution in [0.3, 0.4) is 0 Å². The van der Waals surface area contributed by atoms with Crippen LogP contribution in [0.4, 0.5) is 10.1 Å². The van der Waals surface area contributed by atoms with Crippen LogP contribution in [0.1, 0.15) is 24.1 Å². The number of carbonyl (C=O) groups is 1. The van der Waals surface area contributed by atoms with E-state index in [-0.39, 0.29) is 17.8 Å². The van der Waals surface area contributed by atoms with Gasteiger partial charge in [-0.25, -0.2) is 12.8 Å². The molecule has 25 heavy (non-hydrogen) atoms. The monoisotopic (exact) mass is 362 g/mol. The number of rotatable bonds is 6. The zero-order valence-electron chi connectivity index (χ0n) is 13.9. The fourth-order valence-electron chi connectivity index (χ4n) is 2.18. The van der Waals surface area contributed by atoms with Crippen LogP contribution >= 0.6 is 0 Å². The molecule has 0 saturated heterocycles. The van der Waals surface area contributed by atoms with Crippen molar-refractivity contribution in [1.82, 2.24) is 5.32 Å². The Bertz CT molecular complexity index is 877. The van der Waals surface area contributed by atoms with Crippen LogP contribution in [-0.2, 0) is 14.8 Å². The van der Waals surface area contributed by atoms with Gasteiger partial charge in [-0.3, -0.25) is 9.52 Å². The third kappa shape index (κ3) is 6.39. The van der Waals surface area contributed by atoms with Crippen molar-refractivity contribution in [3.8, 4) is 0 Å². The van der Waals surface area contributed by atoms with Gasteiger partial charge in [-0.2, -0.15) is 0 Å². The number of hydrogen-bond acceptors (Lipinski definition) is 3. The summed E-state index contributed by atoms with van der Waals surface area (Å²) in [7, 11) is -3.36. The summed E-state index contributed by atoms with van der Waals surface area (Å²) < 4.78 is 37.8. The minimum absolute atomic E-state index is 0.307. The van der Waals surface area contributed by atoms with E-state index in [0.717, 1.165) is 11.8 Å². The number of halogens is 1. The van der Waals surface area contributed by atoms with Crippen LogP contribution in [0.5, 0.6) is 0 Å². The standard InChI is InChI=1S/C18H19FN2O3S/c1-13(15-4-3-5-17(12-15)21-25(2,23)24)20-18(22)11-8-14-6-9-16(19)10-7-14/h3-13,21H,1-2H3,(H,20,22)/b11-8+. The number of hydrogen-bond donors (Lipinski definition) is 2. The van der Waals surface area contributed by atoms with E-state index in [9.17, 15) is 17.6 Å².